The molecule has 2 aromatic carbocycles. The number of hydrogen-bond acceptors (Lipinski definition) is 5. The Morgan fingerprint density at radius 2 is 1.79 bits per heavy atom. The van der Waals surface area contributed by atoms with Crippen molar-refractivity contribution >= 4 is 16.9 Å². The van der Waals surface area contributed by atoms with Crippen molar-refractivity contribution in [2.24, 2.45) is 0 Å². The molecular formula is C28H33N3OS. The Morgan fingerprint density at radius 1 is 0.909 bits per heavy atom. The zero-order valence-electron chi connectivity index (χ0n) is 19.7. The van der Waals surface area contributed by atoms with Gasteiger partial charge >= 0.3 is 0 Å². The summed E-state index contributed by atoms with van der Waals surface area (Å²) < 4.78 is 6.12. The molecule has 33 heavy (non-hydrogen) atoms. The molecule has 4 nitrogen and oxygen atoms in total. The molecule has 5 heteroatoms. The third-order valence-corrected chi connectivity index (χ3v) is 7.65. The van der Waals surface area contributed by atoms with Crippen molar-refractivity contribution in [2.45, 2.75) is 26.1 Å². The van der Waals surface area contributed by atoms with Crippen molar-refractivity contribution in [1.82, 2.24) is 14.7 Å². The van der Waals surface area contributed by atoms with Crippen LogP contribution in [0.1, 0.15) is 32.9 Å². The lowest BCUT2D eigenvalue weighted by molar-refractivity contribution is 0.271. The highest BCUT2D eigenvalue weighted by molar-refractivity contribution is 7.13. The van der Waals surface area contributed by atoms with Crippen molar-refractivity contribution in [1.29, 1.82) is 0 Å². The van der Waals surface area contributed by atoms with E-state index in [2.05, 4.69) is 89.6 Å². The zero-order chi connectivity index (χ0) is 22.6. The van der Waals surface area contributed by atoms with Crippen LogP contribution in [0.25, 0.3) is 5.57 Å². The molecule has 0 N–H and O–H groups in total. The lowest BCUT2D eigenvalue weighted by Crippen LogP contribution is -2.28. The molecule has 1 fully saturated rings. The fourth-order valence-electron chi connectivity index (χ4n) is 4.68. The van der Waals surface area contributed by atoms with E-state index in [0.717, 1.165) is 31.9 Å². The van der Waals surface area contributed by atoms with Crippen LogP contribution < -0.4 is 4.74 Å². The zero-order valence-corrected chi connectivity index (χ0v) is 20.5. The van der Waals surface area contributed by atoms with E-state index >= 15 is 0 Å². The van der Waals surface area contributed by atoms with E-state index in [1.165, 1.54) is 51.5 Å². The minimum absolute atomic E-state index is 0.586. The molecule has 3 aromatic rings. The maximum atomic E-state index is 6.12. The van der Waals surface area contributed by atoms with Crippen molar-refractivity contribution < 1.29 is 4.74 Å². The van der Waals surface area contributed by atoms with Gasteiger partial charge in [-0.25, -0.2) is 0 Å². The quantitative estimate of drug-likeness (QED) is 0.498. The number of nitrogens with zero attached hydrogens (tertiary/aromatic N) is 3. The van der Waals surface area contributed by atoms with E-state index in [1.807, 2.05) is 17.4 Å². The van der Waals surface area contributed by atoms with Gasteiger partial charge in [-0.3, -0.25) is 4.90 Å². The van der Waals surface area contributed by atoms with E-state index in [-0.39, 0.29) is 0 Å². The first-order valence-corrected chi connectivity index (χ1v) is 12.7. The molecule has 0 radical (unpaired) electrons. The highest BCUT2D eigenvalue weighted by Crippen LogP contribution is 2.38. The molecular weight excluding hydrogens is 426 g/mol. The van der Waals surface area contributed by atoms with Crippen molar-refractivity contribution in [3.8, 4) is 5.75 Å². The van der Waals surface area contributed by atoms with E-state index in [0.29, 0.717) is 6.61 Å². The summed E-state index contributed by atoms with van der Waals surface area (Å²) in [5, 5.41) is 0. The molecule has 1 aromatic heterocycles. The summed E-state index contributed by atoms with van der Waals surface area (Å²) in [5.74, 6) is 0.914. The Morgan fingerprint density at radius 3 is 2.67 bits per heavy atom. The first kappa shape index (κ1) is 22.2. The van der Waals surface area contributed by atoms with E-state index in [9.17, 15) is 0 Å². The molecule has 0 spiro atoms. The lowest BCUT2D eigenvalue weighted by atomic mass is 9.99. The van der Waals surface area contributed by atoms with Crippen molar-refractivity contribution in [3.05, 3.63) is 93.3 Å². The van der Waals surface area contributed by atoms with Crippen LogP contribution in [-0.2, 0) is 19.7 Å². The van der Waals surface area contributed by atoms with Crippen LogP contribution in [0.15, 0.2) is 66.9 Å². The van der Waals surface area contributed by atoms with Gasteiger partial charge in [-0.15, -0.1) is 11.3 Å². The van der Waals surface area contributed by atoms with E-state index in [4.69, 9.17) is 4.74 Å². The predicted molar refractivity (Wildman–Crippen MR) is 137 cm³/mol. The highest BCUT2D eigenvalue weighted by atomic mass is 32.1. The molecule has 0 unspecified atom stereocenters. The van der Waals surface area contributed by atoms with Crippen molar-refractivity contribution in [2.75, 3.05) is 40.3 Å². The van der Waals surface area contributed by atoms with Crippen LogP contribution in [0.2, 0.25) is 0 Å². The summed E-state index contributed by atoms with van der Waals surface area (Å²) in [7, 11) is 4.40. The average molecular weight is 460 g/mol. The number of thiophene rings is 1. The molecule has 2 aliphatic rings. The molecule has 172 valence electrons. The first-order chi connectivity index (χ1) is 16.1. The van der Waals surface area contributed by atoms with Crippen molar-refractivity contribution in [3.63, 3.8) is 0 Å². The standard InChI is InChI=1S/C28H33N3OS/c1-29-12-7-13-31(15-14-29)19-26-17-24-18-30(2)20-27(28(24)33-26)23-10-6-11-25(16-23)32-21-22-8-4-3-5-9-22/h3-6,8-11,16-17,20H,7,12-15,18-19,21H2,1-2H3. The van der Waals surface area contributed by atoms with Gasteiger partial charge < -0.3 is 14.5 Å². The van der Waals surface area contributed by atoms with Gasteiger partial charge in [0.2, 0.25) is 0 Å². The van der Waals surface area contributed by atoms with Crippen LogP contribution in [-0.4, -0.2) is 55.0 Å². The summed E-state index contributed by atoms with van der Waals surface area (Å²) >= 11 is 1.97. The number of benzene rings is 2. The molecule has 2 aliphatic heterocycles. The molecule has 0 saturated carbocycles. The molecule has 0 amide bonds. The minimum Gasteiger partial charge on any atom is -0.489 e. The normalized spacial score (nSPS) is 17.4. The molecule has 0 aliphatic carbocycles. The van der Waals surface area contributed by atoms with Crippen LogP contribution in [0.5, 0.6) is 5.75 Å². The second-order valence-corrected chi connectivity index (χ2v) is 10.4. The maximum absolute atomic E-state index is 6.12. The Labute approximate surface area is 201 Å². The van der Waals surface area contributed by atoms with Gasteiger partial charge in [-0.05, 0) is 61.4 Å². The Hall–Kier alpha value is -2.60. The number of hydrogen-bond donors (Lipinski definition) is 0. The molecule has 5 rings (SSSR count). The highest BCUT2D eigenvalue weighted by Gasteiger charge is 2.22. The third kappa shape index (κ3) is 5.49. The maximum Gasteiger partial charge on any atom is 0.120 e. The van der Waals surface area contributed by atoms with Gasteiger partial charge in [0.25, 0.3) is 0 Å². The molecule has 0 bridgehead atoms. The van der Waals surface area contributed by atoms with Gasteiger partial charge in [0.15, 0.2) is 0 Å². The van der Waals surface area contributed by atoms with Crippen LogP contribution in [0.3, 0.4) is 0 Å². The van der Waals surface area contributed by atoms with Gasteiger partial charge in [-0.1, -0.05) is 42.5 Å². The van der Waals surface area contributed by atoms with E-state index in [1.54, 1.807) is 0 Å². The smallest absolute Gasteiger partial charge is 0.120 e. The average Bonchev–Trinajstić information content (AvgIpc) is 3.11. The topological polar surface area (TPSA) is 19.0 Å². The monoisotopic (exact) mass is 459 g/mol. The number of rotatable bonds is 6. The third-order valence-electron chi connectivity index (χ3n) is 6.46. The number of ether oxygens (including phenoxy) is 1. The lowest BCUT2D eigenvalue weighted by Gasteiger charge is -2.23. The summed E-state index contributed by atoms with van der Waals surface area (Å²) in [5.41, 5.74) is 5.15. The Kier molecular flexibility index (Phi) is 6.81. The fraction of sp³-hybridized carbons (Fsp3) is 0.357. The number of fused-ring (bicyclic) bond motifs is 1. The Balaban J connectivity index is 1.34. The second-order valence-electron chi connectivity index (χ2n) is 9.26. The van der Waals surface area contributed by atoms with Crippen LogP contribution in [0.4, 0.5) is 0 Å². The Bertz CT molecular complexity index is 1110. The SMILES string of the molecule is CN1C=C(c2cccc(OCc3ccccc3)c2)c2sc(CN3CCCN(C)CC3)cc2C1. The van der Waals surface area contributed by atoms with Crippen LogP contribution in [0, 0.1) is 0 Å². The molecule has 1 saturated heterocycles. The first-order valence-electron chi connectivity index (χ1n) is 11.9. The summed E-state index contributed by atoms with van der Waals surface area (Å²) in [4.78, 5) is 10.2. The summed E-state index contributed by atoms with van der Waals surface area (Å²) in [6.45, 7) is 7.33. The van der Waals surface area contributed by atoms with E-state index < -0.39 is 0 Å². The molecule has 0 atom stereocenters. The largest absolute Gasteiger partial charge is 0.489 e. The predicted octanol–water partition coefficient (Wildman–Crippen LogP) is 5.30. The summed E-state index contributed by atoms with van der Waals surface area (Å²) in [6.07, 6.45) is 3.55. The van der Waals surface area contributed by atoms with Gasteiger partial charge in [-0.2, -0.15) is 0 Å². The minimum atomic E-state index is 0.586. The van der Waals surface area contributed by atoms with Gasteiger partial charge in [0.05, 0.1) is 0 Å². The van der Waals surface area contributed by atoms with Crippen LogP contribution >= 0.6 is 11.3 Å². The van der Waals surface area contributed by atoms with Gasteiger partial charge in [0, 0.05) is 54.8 Å². The second kappa shape index (κ2) is 10.1. The van der Waals surface area contributed by atoms with Gasteiger partial charge in [0.1, 0.15) is 12.4 Å². The summed E-state index contributed by atoms with van der Waals surface area (Å²) in [6, 6.07) is 21.3. The fourth-order valence-corrected chi connectivity index (χ4v) is 5.93. The molecule has 3 heterocycles. The number of likely N-dealkylation sites (N-methyl/N-ethyl adjacent to an activating group) is 1.